The SMILES string of the molecule is C=CC(=O)N1CCN(C(=O)CCS(=O)(=O)c2ccccc2)C(CC)C1. The third kappa shape index (κ3) is 4.69. The van der Waals surface area contributed by atoms with E-state index in [-0.39, 0.29) is 34.9 Å². The van der Waals surface area contributed by atoms with E-state index in [1.54, 1.807) is 28.0 Å². The number of sulfone groups is 1. The molecule has 0 radical (unpaired) electrons. The normalized spacial score (nSPS) is 18.0. The topological polar surface area (TPSA) is 74.8 Å². The molecule has 136 valence electrons. The zero-order valence-electron chi connectivity index (χ0n) is 14.4. The van der Waals surface area contributed by atoms with Gasteiger partial charge in [-0.3, -0.25) is 9.59 Å². The highest BCUT2D eigenvalue weighted by Gasteiger charge is 2.31. The Bertz CT molecular complexity index is 731. The predicted octanol–water partition coefficient (Wildman–Crippen LogP) is 1.49. The van der Waals surface area contributed by atoms with Crippen LogP contribution >= 0.6 is 0 Å². The number of carbonyl (C=O) groups is 2. The lowest BCUT2D eigenvalue weighted by Gasteiger charge is -2.41. The summed E-state index contributed by atoms with van der Waals surface area (Å²) in [6.45, 7) is 6.76. The average Bonchev–Trinajstić information content (AvgIpc) is 2.65. The Morgan fingerprint density at radius 1 is 1.24 bits per heavy atom. The van der Waals surface area contributed by atoms with Gasteiger partial charge in [0.2, 0.25) is 11.8 Å². The highest BCUT2D eigenvalue weighted by molar-refractivity contribution is 7.91. The Hall–Kier alpha value is -2.15. The molecule has 0 N–H and O–H groups in total. The first kappa shape index (κ1) is 19.2. The Morgan fingerprint density at radius 2 is 1.92 bits per heavy atom. The van der Waals surface area contributed by atoms with Crippen LogP contribution in [0.3, 0.4) is 0 Å². The number of hydrogen-bond donors (Lipinski definition) is 0. The van der Waals surface area contributed by atoms with Crippen LogP contribution < -0.4 is 0 Å². The molecule has 1 heterocycles. The van der Waals surface area contributed by atoms with Crippen molar-refractivity contribution < 1.29 is 18.0 Å². The summed E-state index contributed by atoms with van der Waals surface area (Å²) in [6, 6.07) is 8.06. The van der Waals surface area contributed by atoms with Gasteiger partial charge in [0.15, 0.2) is 9.84 Å². The highest BCUT2D eigenvalue weighted by Crippen LogP contribution is 2.17. The van der Waals surface area contributed by atoms with Crippen LogP contribution in [0, 0.1) is 0 Å². The first-order chi connectivity index (χ1) is 11.9. The number of nitrogens with zero attached hydrogens (tertiary/aromatic N) is 2. The molecule has 1 aromatic rings. The minimum absolute atomic E-state index is 0.0524. The summed E-state index contributed by atoms with van der Waals surface area (Å²) in [6.07, 6.45) is 1.93. The van der Waals surface area contributed by atoms with E-state index in [1.807, 2.05) is 6.92 Å². The van der Waals surface area contributed by atoms with Crippen LogP contribution in [0.25, 0.3) is 0 Å². The number of piperazine rings is 1. The summed E-state index contributed by atoms with van der Waals surface area (Å²) in [7, 11) is -3.47. The lowest BCUT2D eigenvalue weighted by Crippen LogP contribution is -2.56. The van der Waals surface area contributed by atoms with Gasteiger partial charge in [-0.1, -0.05) is 31.7 Å². The van der Waals surface area contributed by atoms with E-state index in [2.05, 4.69) is 6.58 Å². The van der Waals surface area contributed by atoms with Crippen molar-refractivity contribution in [2.75, 3.05) is 25.4 Å². The first-order valence-electron chi connectivity index (χ1n) is 8.37. The van der Waals surface area contributed by atoms with Crippen LogP contribution in [0.15, 0.2) is 47.9 Å². The maximum atomic E-state index is 12.5. The molecule has 0 bridgehead atoms. The van der Waals surface area contributed by atoms with E-state index in [0.29, 0.717) is 26.1 Å². The van der Waals surface area contributed by atoms with Gasteiger partial charge in [-0.15, -0.1) is 0 Å². The summed E-state index contributed by atoms with van der Waals surface area (Å²) >= 11 is 0. The third-order valence-electron chi connectivity index (χ3n) is 4.45. The standard InChI is InChI=1S/C18H24N2O4S/c1-3-15-14-19(17(21)4-2)11-12-20(15)18(22)10-13-25(23,24)16-8-6-5-7-9-16/h4-9,15H,2-3,10-14H2,1H3. The van der Waals surface area contributed by atoms with Crippen molar-refractivity contribution in [3.8, 4) is 0 Å². The highest BCUT2D eigenvalue weighted by atomic mass is 32.2. The molecule has 1 aliphatic heterocycles. The monoisotopic (exact) mass is 364 g/mol. The molecule has 1 aromatic carbocycles. The third-order valence-corrected chi connectivity index (χ3v) is 6.18. The quantitative estimate of drug-likeness (QED) is 0.717. The maximum absolute atomic E-state index is 12.5. The number of hydrogen-bond acceptors (Lipinski definition) is 4. The Kier molecular flexibility index (Phi) is 6.36. The van der Waals surface area contributed by atoms with Crippen molar-refractivity contribution in [2.24, 2.45) is 0 Å². The minimum Gasteiger partial charge on any atom is -0.336 e. The van der Waals surface area contributed by atoms with Gasteiger partial charge in [-0.05, 0) is 24.6 Å². The molecule has 1 aliphatic rings. The lowest BCUT2D eigenvalue weighted by atomic mass is 10.1. The van der Waals surface area contributed by atoms with Crippen molar-refractivity contribution in [1.82, 2.24) is 9.80 Å². The van der Waals surface area contributed by atoms with Crippen molar-refractivity contribution in [3.63, 3.8) is 0 Å². The van der Waals surface area contributed by atoms with Crippen LogP contribution in [-0.4, -0.2) is 61.5 Å². The largest absolute Gasteiger partial charge is 0.336 e. The Balaban J connectivity index is 1.98. The molecule has 0 spiro atoms. The smallest absolute Gasteiger partial charge is 0.246 e. The second-order valence-electron chi connectivity index (χ2n) is 6.02. The van der Waals surface area contributed by atoms with Gasteiger partial charge in [0.25, 0.3) is 0 Å². The Morgan fingerprint density at radius 3 is 2.52 bits per heavy atom. The fourth-order valence-corrected chi connectivity index (χ4v) is 4.22. The van der Waals surface area contributed by atoms with E-state index in [1.165, 1.54) is 18.2 Å². The fraction of sp³-hybridized carbons (Fsp3) is 0.444. The van der Waals surface area contributed by atoms with E-state index in [0.717, 1.165) is 0 Å². The maximum Gasteiger partial charge on any atom is 0.246 e. The van der Waals surface area contributed by atoms with Gasteiger partial charge in [0.1, 0.15) is 0 Å². The van der Waals surface area contributed by atoms with E-state index < -0.39 is 9.84 Å². The summed E-state index contributed by atoms with van der Waals surface area (Å²) in [5.41, 5.74) is 0. The molecule has 6 nitrogen and oxygen atoms in total. The molecule has 1 unspecified atom stereocenters. The first-order valence-corrected chi connectivity index (χ1v) is 10.0. The van der Waals surface area contributed by atoms with Crippen LogP contribution in [0.5, 0.6) is 0 Å². The molecular weight excluding hydrogens is 340 g/mol. The van der Waals surface area contributed by atoms with E-state index in [9.17, 15) is 18.0 Å². The molecule has 1 saturated heterocycles. The van der Waals surface area contributed by atoms with Gasteiger partial charge >= 0.3 is 0 Å². The summed E-state index contributed by atoms with van der Waals surface area (Å²) in [5.74, 6) is -0.535. The second kappa shape index (κ2) is 8.29. The average molecular weight is 364 g/mol. The summed E-state index contributed by atoms with van der Waals surface area (Å²) in [5, 5.41) is 0. The fourth-order valence-electron chi connectivity index (χ4n) is 2.97. The van der Waals surface area contributed by atoms with Gasteiger partial charge in [-0.25, -0.2) is 8.42 Å². The van der Waals surface area contributed by atoms with Gasteiger partial charge < -0.3 is 9.80 Å². The van der Waals surface area contributed by atoms with E-state index in [4.69, 9.17) is 0 Å². The predicted molar refractivity (Wildman–Crippen MR) is 95.7 cm³/mol. The molecule has 2 rings (SSSR count). The number of amides is 2. The lowest BCUT2D eigenvalue weighted by molar-refractivity contribution is -0.140. The second-order valence-corrected chi connectivity index (χ2v) is 8.13. The van der Waals surface area contributed by atoms with Crippen LogP contribution in [0.4, 0.5) is 0 Å². The zero-order chi connectivity index (χ0) is 18.4. The van der Waals surface area contributed by atoms with Gasteiger partial charge in [-0.2, -0.15) is 0 Å². The summed E-state index contributed by atoms with van der Waals surface area (Å²) in [4.78, 5) is 27.9. The van der Waals surface area contributed by atoms with Crippen molar-refractivity contribution >= 4 is 21.7 Å². The van der Waals surface area contributed by atoms with E-state index >= 15 is 0 Å². The molecule has 25 heavy (non-hydrogen) atoms. The zero-order valence-corrected chi connectivity index (χ0v) is 15.2. The van der Waals surface area contributed by atoms with Gasteiger partial charge in [0, 0.05) is 32.1 Å². The van der Waals surface area contributed by atoms with Gasteiger partial charge in [0.05, 0.1) is 10.6 Å². The number of carbonyl (C=O) groups excluding carboxylic acids is 2. The molecule has 2 amide bonds. The van der Waals surface area contributed by atoms with Crippen LogP contribution in [0.2, 0.25) is 0 Å². The Labute approximate surface area is 149 Å². The van der Waals surface area contributed by atoms with Crippen molar-refractivity contribution in [2.45, 2.75) is 30.7 Å². The molecule has 0 aliphatic carbocycles. The minimum atomic E-state index is -3.47. The van der Waals surface area contributed by atoms with Crippen molar-refractivity contribution in [3.05, 3.63) is 43.0 Å². The molecule has 1 fully saturated rings. The number of rotatable bonds is 6. The molecular formula is C18H24N2O4S. The molecule has 0 saturated carbocycles. The molecule has 1 atom stereocenters. The van der Waals surface area contributed by atoms with Crippen molar-refractivity contribution in [1.29, 1.82) is 0 Å². The van der Waals surface area contributed by atoms with Crippen LogP contribution in [0.1, 0.15) is 19.8 Å². The number of benzene rings is 1. The molecule has 0 aromatic heterocycles. The summed E-state index contributed by atoms with van der Waals surface area (Å²) < 4.78 is 24.6. The van der Waals surface area contributed by atoms with Crippen LogP contribution in [-0.2, 0) is 19.4 Å². The molecule has 7 heteroatoms.